The Morgan fingerprint density at radius 2 is 2.12 bits per heavy atom. The first-order valence-electron chi connectivity index (χ1n) is 8.54. The molecule has 26 heavy (non-hydrogen) atoms. The minimum atomic E-state index is -0.426. The molecule has 136 valence electrons. The summed E-state index contributed by atoms with van der Waals surface area (Å²) in [5, 5.41) is 14.8. The van der Waals surface area contributed by atoms with Gasteiger partial charge in [-0.05, 0) is 49.1 Å². The van der Waals surface area contributed by atoms with E-state index in [9.17, 15) is 14.9 Å². The number of rotatable bonds is 4. The van der Waals surface area contributed by atoms with E-state index in [1.54, 1.807) is 36.4 Å². The molecule has 2 aromatic rings. The number of nitro benzene ring substituents is 1. The molecule has 0 radical (unpaired) electrons. The van der Waals surface area contributed by atoms with Crippen LogP contribution >= 0.6 is 11.6 Å². The maximum absolute atomic E-state index is 12.4. The summed E-state index contributed by atoms with van der Waals surface area (Å²) < 4.78 is 0. The SMILES string of the molecule is C[C@H]1CCCN(c2ccc(C(=O)Nc3cccc(Cl)c3)cc2[N+](=O)[O-])C1. The summed E-state index contributed by atoms with van der Waals surface area (Å²) in [6.45, 7) is 3.72. The van der Waals surface area contributed by atoms with Crippen molar-refractivity contribution < 1.29 is 9.72 Å². The molecule has 1 N–H and O–H groups in total. The lowest BCUT2D eigenvalue weighted by Gasteiger charge is -2.32. The Balaban J connectivity index is 1.86. The third-order valence-electron chi connectivity index (χ3n) is 4.51. The fourth-order valence-electron chi connectivity index (χ4n) is 3.26. The topological polar surface area (TPSA) is 75.5 Å². The first-order valence-corrected chi connectivity index (χ1v) is 8.92. The summed E-state index contributed by atoms with van der Waals surface area (Å²) in [7, 11) is 0. The number of anilines is 2. The van der Waals surface area contributed by atoms with Gasteiger partial charge in [-0.3, -0.25) is 14.9 Å². The zero-order valence-corrected chi connectivity index (χ0v) is 15.2. The van der Waals surface area contributed by atoms with Gasteiger partial charge in [0, 0.05) is 35.4 Å². The Morgan fingerprint density at radius 1 is 1.31 bits per heavy atom. The van der Waals surface area contributed by atoms with Gasteiger partial charge in [-0.1, -0.05) is 24.6 Å². The summed E-state index contributed by atoms with van der Waals surface area (Å²) in [5.41, 5.74) is 1.31. The van der Waals surface area contributed by atoms with Crippen LogP contribution in [-0.4, -0.2) is 23.9 Å². The smallest absolute Gasteiger partial charge is 0.293 e. The van der Waals surface area contributed by atoms with Gasteiger partial charge in [0.2, 0.25) is 0 Å². The van der Waals surface area contributed by atoms with Crippen molar-refractivity contribution >= 4 is 34.6 Å². The Kier molecular flexibility index (Phi) is 5.42. The zero-order valence-electron chi connectivity index (χ0n) is 14.4. The Hall–Kier alpha value is -2.60. The third kappa shape index (κ3) is 4.14. The van der Waals surface area contributed by atoms with Crippen LogP contribution in [-0.2, 0) is 0 Å². The van der Waals surface area contributed by atoms with E-state index < -0.39 is 10.8 Å². The molecule has 0 saturated carbocycles. The fourth-order valence-corrected chi connectivity index (χ4v) is 3.45. The quantitative estimate of drug-likeness (QED) is 0.620. The molecule has 0 spiro atoms. The van der Waals surface area contributed by atoms with Gasteiger partial charge in [0.1, 0.15) is 5.69 Å². The molecule has 0 unspecified atom stereocenters. The molecular weight excluding hydrogens is 354 g/mol. The molecule has 0 aromatic heterocycles. The van der Waals surface area contributed by atoms with Crippen LogP contribution in [0.15, 0.2) is 42.5 Å². The van der Waals surface area contributed by atoms with Crippen molar-refractivity contribution in [1.82, 2.24) is 0 Å². The van der Waals surface area contributed by atoms with Crippen LogP contribution in [0, 0.1) is 16.0 Å². The predicted molar refractivity (Wildman–Crippen MR) is 103 cm³/mol. The number of piperidine rings is 1. The van der Waals surface area contributed by atoms with Gasteiger partial charge in [0.25, 0.3) is 11.6 Å². The van der Waals surface area contributed by atoms with Crippen LogP contribution in [0.4, 0.5) is 17.1 Å². The molecule has 3 rings (SSSR count). The van der Waals surface area contributed by atoms with E-state index in [-0.39, 0.29) is 11.3 Å². The lowest BCUT2D eigenvalue weighted by Crippen LogP contribution is -2.34. The molecule has 0 aliphatic carbocycles. The van der Waals surface area contributed by atoms with Crippen molar-refractivity contribution in [3.63, 3.8) is 0 Å². The van der Waals surface area contributed by atoms with Gasteiger partial charge in [0.05, 0.1) is 4.92 Å². The van der Waals surface area contributed by atoms with Gasteiger partial charge in [-0.25, -0.2) is 0 Å². The molecule has 1 amide bonds. The highest BCUT2D eigenvalue weighted by molar-refractivity contribution is 6.31. The molecular formula is C19H20ClN3O3. The number of carbonyl (C=O) groups excluding carboxylic acids is 1. The maximum atomic E-state index is 12.4. The van der Waals surface area contributed by atoms with Crippen molar-refractivity contribution in [2.24, 2.45) is 5.92 Å². The van der Waals surface area contributed by atoms with Crippen molar-refractivity contribution in [2.45, 2.75) is 19.8 Å². The average molecular weight is 374 g/mol. The first kappa shape index (κ1) is 18.2. The van der Waals surface area contributed by atoms with E-state index in [0.29, 0.717) is 22.3 Å². The van der Waals surface area contributed by atoms with Gasteiger partial charge in [-0.2, -0.15) is 0 Å². The number of carbonyl (C=O) groups is 1. The second-order valence-corrected chi connectivity index (χ2v) is 7.05. The number of halogens is 1. The molecule has 1 aliphatic rings. The summed E-state index contributed by atoms with van der Waals surface area (Å²) >= 11 is 5.91. The van der Waals surface area contributed by atoms with Crippen LogP contribution in [0.5, 0.6) is 0 Å². The Morgan fingerprint density at radius 3 is 2.81 bits per heavy atom. The number of hydrogen-bond acceptors (Lipinski definition) is 4. The minimum Gasteiger partial charge on any atom is -0.366 e. The number of amides is 1. The Bertz CT molecular complexity index is 841. The van der Waals surface area contributed by atoms with Gasteiger partial charge in [-0.15, -0.1) is 0 Å². The highest BCUT2D eigenvalue weighted by atomic mass is 35.5. The zero-order chi connectivity index (χ0) is 18.7. The first-order chi connectivity index (χ1) is 12.4. The number of benzene rings is 2. The van der Waals surface area contributed by atoms with Crippen molar-refractivity contribution in [3.05, 3.63) is 63.2 Å². The standard InChI is InChI=1S/C19H20ClN3O3/c1-13-4-3-9-22(12-13)17-8-7-14(10-18(17)23(25)26)19(24)21-16-6-2-5-15(20)11-16/h2,5-8,10-11,13H,3-4,9,12H2,1H3,(H,21,24)/t13-/m0/s1. The van der Waals surface area contributed by atoms with Crippen molar-refractivity contribution in [3.8, 4) is 0 Å². The molecule has 1 fully saturated rings. The fraction of sp³-hybridized carbons (Fsp3) is 0.316. The highest BCUT2D eigenvalue weighted by Gasteiger charge is 2.25. The summed E-state index contributed by atoms with van der Waals surface area (Å²) in [6, 6.07) is 11.4. The van der Waals surface area contributed by atoms with Gasteiger partial charge < -0.3 is 10.2 Å². The molecule has 1 atom stereocenters. The lowest BCUT2D eigenvalue weighted by molar-refractivity contribution is -0.384. The van der Waals surface area contributed by atoms with E-state index in [2.05, 4.69) is 12.2 Å². The van der Waals surface area contributed by atoms with E-state index in [1.165, 1.54) is 6.07 Å². The van der Waals surface area contributed by atoms with Crippen LogP contribution in [0.1, 0.15) is 30.1 Å². The van der Waals surface area contributed by atoms with Crippen LogP contribution in [0.25, 0.3) is 0 Å². The second kappa shape index (κ2) is 7.74. The molecule has 7 heteroatoms. The maximum Gasteiger partial charge on any atom is 0.293 e. The van der Waals surface area contributed by atoms with E-state index >= 15 is 0 Å². The van der Waals surface area contributed by atoms with Crippen molar-refractivity contribution in [2.75, 3.05) is 23.3 Å². The summed E-state index contributed by atoms with van der Waals surface area (Å²) in [6.07, 6.45) is 2.14. The average Bonchev–Trinajstić information content (AvgIpc) is 2.61. The third-order valence-corrected chi connectivity index (χ3v) is 4.75. The molecule has 0 bridgehead atoms. The highest BCUT2D eigenvalue weighted by Crippen LogP contribution is 2.32. The molecule has 1 saturated heterocycles. The number of hydrogen-bond donors (Lipinski definition) is 1. The Labute approximate surface area is 156 Å². The molecule has 1 heterocycles. The van der Waals surface area contributed by atoms with E-state index in [0.717, 1.165) is 25.9 Å². The monoisotopic (exact) mass is 373 g/mol. The molecule has 6 nitrogen and oxygen atoms in total. The van der Waals surface area contributed by atoms with Gasteiger partial charge >= 0.3 is 0 Å². The number of nitrogens with one attached hydrogen (secondary N) is 1. The van der Waals surface area contributed by atoms with Gasteiger partial charge in [0.15, 0.2) is 0 Å². The normalized spacial score (nSPS) is 17.0. The largest absolute Gasteiger partial charge is 0.366 e. The molecule has 2 aromatic carbocycles. The van der Waals surface area contributed by atoms with Crippen molar-refractivity contribution in [1.29, 1.82) is 0 Å². The summed E-state index contributed by atoms with van der Waals surface area (Å²) in [5.74, 6) is 0.0862. The van der Waals surface area contributed by atoms with E-state index in [1.807, 2.05) is 4.90 Å². The predicted octanol–water partition coefficient (Wildman–Crippen LogP) is 4.74. The van der Waals surface area contributed by atoms with Crippen LogP contribution in [0.3, 0.4) is 0 Å². The van der Waals surface area contributed by atoms with Crippen LogP contribution in [0.2, 0.25) is 5.02 Å². The lowest BCUT2D eigenvalue weighted by atomic mass is 9.99. The minimum absolute atomic E-state index is 0.0437. The summed E-state index contributed by atoms with van der Waals surface area (Å²) in [4.78, 5) is 25.6. The second-order valence-electron chi connectivity index (χ2n) is 6.62. The van der Waals surface area contributed by atoms with E-state index in [4.69, 9.17) is 11.6 Å². The van der Waals surface area contributed by atoms with Crippen LogP contribution < -0.4 is 10.2 Å². The number of nitro groups is 1. The number of nitrogens with zero attached hydrogens (tertiary/aromatic N) is 2. The molecule has 1 aliphatic heterocycles.